The largest absolute Gasteiger partial charge is 0.497 e. The average Bonchev–Trinajstić information content (AvgIpc) is 2.76. The molecule has 0 bridgehead atoms. The number of amides is 1. The number of benzene rings is 2. The summed E-state index contributed by atoms with van der Waals surface area (Å²) in [6, 6.07) is 16.4. The Kier molecular flexibility index (Phi) is 7.64. The van der Waals surface area contributed by atoms with Crippen molar-refractivity contribution in [2.45, 2.75) is 44.2 Å². The van der Waals surface area contributed by atoms with Crippen molar-refractivity contribution >= 4 is 5.91 Å². The Hall–Kier alpha value is -2.65. The van der Waals surface area contributed by atoms with Crippen LogP contribution < -0.4 is 14.8 Å². The molecule has 8 nitrogen and oxygen atoms in total. The van der Waals surface area contributed by atoms with E-state index in [0.29, 0.717) is 11.5 Å². The molecular weight excluding hydrogens is 390 g/mol. The summed E-state index contributed by atoms with van der Waals surface area (Å²) in [4.78, 5) is 11.4. The van der Waals surface area contributed by atoms with E-state index in [-0.39, 0.29) is 19.1 Å². The van der Waals surface area contributed by atoms with Gasteiger partial charge in [0.2, 0.25) is 5.91 Å². The van der Waals surface area contributed by atoms with Crippen molar-refractivity contribution in [2.24, 2.45) is 0 Å². The van der Waals surface area contributed by atoms with Crippen molar-refractivity contribution in [2.75, 3.05) is 13.7 Å². The molecule has 0 radical (unpaired) electrons. The minimum atomic E-state index is -1.47. The van der Waals surface area contributed by atoms with Crippen molar-refractivity contribution in [3.8, 4) is 11.5 Å². The summed E-state index contributed by atoms with van der Waals surface area (Å²) in [6.07, 6.45) is -5.22. The van der Waals surface area contributed by atoms with Crippen molar-refractivity contribution < 1.29 is 34.0 Å². The molecule has 2 aromatic rings. The first-order valence-electron chi connectivity index (χ1n) is 9.70. The van der Waals surface area contributed by atoms with Crippen LogP contribution in [0.15, 0.2) is 54.6 Å². The molecular formula is C22H27NO7. The van der Waals surface area contributed by atoms with E-state index in [1.807, 2.05) is 30.3 Å². The highest BCUT2D eigenvalue weighted by molar-refractivity contribution is 5.72. The second-order valence-electron chi connectivity index (χ2n) is 7.01. The Morgan fingerprint density at radius 3 is 2.33 bits per heavy atom. The van der Waals surface area contributed by atoms with E-state index in [4.69, 9.17) is 18.9 Å². The van der Waals surface area contributed by atoms with Crippen LogP contribution in [0.25, 0.3) is 0 Å². The lowest BCUT2D eigenvalue weighted by Gasteiger charge is -2.42. The molecule has 1 aliphatic heterocycles. The predicted molar refractivity (Wildman–Crippen MR) is 108 cm³/mol. The Bertz CT molecular complexity index is 799. The van der Waals surface area contributed by atoms with Crippen LogP contribution in [-0.4, -0.2) is 60.5 Å². The van der Waals surface area contributed by atoms with E-state index in [2.05, 4.69) is 5.32 Å². The number of aliphatic hydroxyl groups excluding tert-OH is 2. The first kappa shape index (κ1) is 22.0. The average molecular weight is 417 g/mol. The molecule has 30 heavy (non-hydrogen) atoms. The zero-order valence-corrected chi connectivity index (χ0v) is 16.9. The van der Waals surface area contributed by atoms with Crippen LogP contribution in [0.1, 0.15) is 12.5 Å². The lowest BCUT2D eigenvalue weighted by atomic mass is 9.98. The smallest absolute Gasteiger partial charge is 0.216 e. The maximum Gasteiger partial charge on any atom is 0.216 e. The lowest BCUT2D eigenvalue weighted by molar-refractivity contribution is -0.285. The van der Waals surface area contributed by atoms with Gasteiger partial charge in [-0.25, -0.2) is 0 Å². The molecule has 2 aromatic carbocycles. The number of aliphatic hydroxyl groups is 2. The summed E-state index contributed by atoms with van der Waals surface area (Å²) >= 11 is 0. The Morgan fingerprint density at radius 1 is 1.03 bits per heavy atom. The predicted octanol–water partition coefficient (Wildman–Crippen LogP) is 1.24. The molecule has 0 aromatic heterocycles. The number of rotatable bonds is 8. The number of hydrogen-bond acceptors (Lipinski definition) is 7. The van der Waals surface area contributed by atoms with Crippen molar-refractivity contribution in [3.63, 3.8) is 0 Å². The molecule has 1 saturated heterocycles. The SMILES string of the molecule is COc1ccc(O[C@@H]2C(CNC(C)=O)O[C@@H](O)[C@H](O)C2OCc2ccccc2)cc1. The zero-order valence-electron chi connectivity index (χ0n) is 16.9. The number of hydrogen-bond donors (Lipinski definition) is 3. The number of nitrogens with one attached hydrogen (secondary N) is 1. The third kappa shape index (κ3) is 5.70. The van der Waals surface area contributed by atoms with E-state index in [0.717, 1.165) is 5.56 Å². The van der Waals surface area contributed by atoms with Crippen molar-refractivity contribution in [1.82, 2.24) is 5.32 Å². The van der Waals surface area contributed by atoms with Gasteiger partial charge in [0.15, 0.2) is 12.4 Å². The summed E-state index contributed by atoms with van der Waals surface area (Å²) in [5, 5.41) is 23.4. The summed E-state index contributed by atoms with van der Waals surface area (Å²) in [5.41, 5.74) is 0.910. The van der Waals surface area contributed by atoms with Crippen LogP contribution in [0.5, 0.6) is 11.5 Å². The number of ether oxygens (including phenoxy) is 4. The highest BCUT2D eigenvalue weighted by Gasteiger charge is 2.47. The molecule has 5 atom stereocenters. The molecule has 162 valence electrons. The fourth-order valence-corrected chi connectivity index (χ4v) is 3.23. The summed E-state index contributed by atoms with van der Waals surface area (Å²) in [5.74, 6) is 0.933. The highest BCUT2D eigenvalue weighted by atomic mass is 16.7. The molecule has 3 rings (SSSR count). The lowest BCUT2D eigenvalue weighted by Crippen LogP contribution is -2.62. The van der Waals surface area contributed by atoms with Crippen LogP contribution in [0.2, 0.25) is 0 Å². The molecule has 1 aliphatic rings. The van der Waals surface area contributed by atoms with Gasteiger partial charge in [-0.05, 0) is 29.8 Å². The number of carbonyl (C=O) groups excluding carboxylic acids is 1. The Morgan fingerprint density at radius 2 is 1.70 bits per heavy atom. The summed E-state index contributed by atoms with van der Waals surface area (Å²) in [6.45, 7) is 1.69. The second kappa shape index (κ2) is 10.4. The van der Waals surface area contributed by atoms with E-state index < -0.39 is 30.7 Å². The molecule has 0 saturated carbocycles. The van der Waals surface area contributed by atoms with Crippen LogP contribution in [0.3, 0.4) is 0 Å². The monoisotopic (exact) mass is 417 g/mol. The molecule has 0 aliphatic carbocycles. The minimum Gasteiger partial charge on any atom is -0.497 e. The number of carbonyl (C=O) groups is 1. The second-order valence-corrected chi connectivity index (χ2v) is 7.01. The molecule has 1 amide bonds. The topological polar surface area (TPSA) is 106 Å². The van der Waals surface area contributed by atoms with Gasteiger partial charge in [-0.2, -0.15) is 0 Å². The van der Waals surface area contributed by atoms with Gasteiger partial charge in [-0.15, -0.1) is 0 Å². The fraction of sp³-hybridized carbons (Fsp3) is 0.409. The summed E-state index contributed by atoms with van der Waals surface area (Å²) in [7, 11) is 1.57. The molecule has 8 heteroatoms. The van der Waals surface area contributed by atoms with Crippen LogP contribution in [-0.2, 0) is 20.9 Å². The van der Waals surface area contributed by atoms with Gasteiger partial charge >= 0.3 is 0 Å². The third-order valence-corrected chi connectivity index (χ3v) is 4.80. The normalized spacial score (nSPS) is 26.1. The fourth-order valence-electron chi connectivity index (χ4n) is 3.23. The highest BCUT2D eigenvalue weighted by Crippen LogP contribution is 2.28. The van der Waals surface area contributed by atoms with Gasteiger partial charge < -0.3 is 34.5 Å². The molecule has 1 heterocycles. The summed E-state index contributed by atoms with van der Waals surface area (Å²) < 4.78 is 22.7. The molecule has 0 spiro atoms. The first-order chi connectivity index (χ1) is 14.5. The first-order valence-corrected chi connectivity index (χ1v) is 9.70. The van der Waals surface area contributed by atoms with Gasteiger partial charge in [-0.3, -0.25) is 4.79 Å². The Balaban J connectivity index is 1.81. The van der Waals surface area contributed by atoms with Gasteiger partial charge in [-0.1, -0.05) is 30.3 Å². The molecule has 1 fully saturated rings. The Labute approximate surface area is 175 Å². The standard InChI is InChI=1S/C22H27NO7/c1-14(24)23-12-18-20(29-17-10-8-16(27-2)9-11-17)21(19(25)22(26)30-18)28-13-15-6-4-3-5-7-15/h3-11,18-22,25-26H,12-13H2,1-2H3,(H,23,24)/t18?,19-,20-,21?,22-/m1/s1. The van der Waals surface area contributed by atoms with E-state index in [9.17, 15) is 15.0 Å². The quantitative estimate of drug-likeness (QED) is 0.593. The molecule has 3 N–H and O–H groups in total. The van der Waals surface area contributed by atoms with Gasteiger partial charge in [0.05, 0.1) is 13.7 Å². The van der Waals surface area contributed by atoms with Gasteiger partial charge in [0.1, 0.15) is 29.8 Å². The zero-order chi connectivity index (χ0) is 21.5. The van der Waals surface area contributed by atoms with Crippen LogP contribution in [0.4, 0.5) is 0 Å². The minimum absolute atomic E-state index is 0.0884. The van der Waals surface area contributed by atoms with Crippen molar-refractivity contribution in [3.05, 3.63) is 60.2 Å². The van der Waals surface area contributed by atoms with Crippen LogP contribution >= 0.6 is 0 Å². The number of methoxy groups -OCH3 is 1. The van der Waals surface area contributed by atoms with E-state index in [1.165, 1.54) is 6.92 Å². The third-order valence-electron chi connectivity index (χ3n) is 4.80. The van der Waals surface area contributed by atoms with Crippen LogP contribution in [0, 0.1) is 0 Å². The maximum atomic E-state index is 11.4. The van der Waals surface area contributed by atoms with Crippen molar-refractivity contribution in [1.29, 1.82) is 0 Å². The van der Waals surface area contributed by atoms with Gasteiger partial charge in [0, 0.05) is 13.5 Å². The van der Waals surface area contributed by atoms with Gasteiger partial charge in [0.25, 0.3) is 0 Å². The van der Waals surface area contributed by atoms with E-state index in [1.54, 1.807) is 31.4 Å². The van der Waals surface area contributed by atoms with E-state index >= 15 is 0 Å². The molecule has 2 unspecified atom stereocenters. The maximum absolute atomic E-state index is 11.4.